The summed E-state index contributed by atoms with van der Waals surface area (Å²) in [6.45, 7) is 0. The van der Waals surface area contributed by atoms with Crippen molar-refractivity contribution in [3.63, 3.8) is 0 Å². The lowest BCUT2D eigenvalue weighted by molar-refractivity contribution is -0.142. The molecule has 8 N–H and O–H groups in total. The Hall–Kier alpha value is -5.07. The van der Waals surface area contributed by atoms with E-state index in [1.54, 1.807) is 6.20 Å². The minimum absolute atomic E-state index is 0.0858. The second-order valence-corrected chi connectivity index (χ2v) is 12.7. The topological polar surface area (TPSA) is 182 Å². The predicted octanol–water partition coefficient (Wildman–Crippen LogP) is 3.30. The molecule has 0 aliphatic heterocycles. The Labute approximate surface area is 282 Å². The summed E-state index contributed by atoms with van der Waals surface area (Å²) < 4.78 is 0. The van der Waals surface area contributed by atoms with Crippen molar-refractivity contribution in [1.82, 2.24) is 25.9 Å². The largest absolute Gasteiger partial charge is 0.480 e. The maximum absolute atomic E-state index is 14.0. The molecule has 0 saturated carbocycles. The number of hydrogen-bond donors (Lipinski definition) is 7. The van der Waals surface area contributed by atoms with Crippen molar-refractivity contribution in [1.29, 1.82) is 0 Å². The van der Waals surface area contributed by atoms with Gasteiger partial charge >= 0.3 is 5.97 Å². The summed E-state index contributed by atoms with van der Waals surface area (Å²) in [5.74, 6) is -2.38. The van der Waals surface area contributed by atoms with Gasteiger partial charge in [0.15, 0.2) is 0 Å². The number of aromatic amines is 2. The van der Waals surface area contributed by atoms with Crippen LogP contribution in [0.3, 0.4) is 0 Å². The van der Waals surface area contributed by atoms with Gasteiger partial charge in [0.25, 0.3) is 0 Å². The number of rotatable bonds is 16. The fourth-order valence-corrected chi connectivity index (χ4v) is 6.21. The molecule has 2 aromatic heterocycles. The Morgan fingerprint density at radius 2 is 1.19 bits per heavy atom. The molecule has 11 nitrogen and oxygen atoms in total. The van der Waals surface area contributed by atoms with E-state index in [9.17, 15) is 24.3 Å². The molecule has 2 heterocycles. The Morgan fingerprint density at radius 3 is 1.77 bits per heavy atom. The number of fused-ring (bicyclic) bond motifs is 2. The van der Waals surface area contributed by atoms with Crippen LogP contribution in [0.15, 0.2) is 91.3 Å². The van der Waals surface area contributed by atoms with Crippen molar-refractivity contribution in [2.24, 2.45) is 5.73 Å². The van der Waals surface area contributed by atoms with Gasteiger partial charge in [0, 0.05) is 47.0 Å². The number of para-hydroxylation sites is 2. The lowest BCUT2D eigenvalue weighted by atomic mass is 10.0. The maximum atomic E-state index is 14.0. The number of benzene rings is 3. The van der Waals surface area contributed by atoms with Crippen LogP contribution in [0.1, 0.15) is 23.1 Å². The quantitative estimate of drug-likeness (QED) is 0.0842. The number of nitrogens with one attached hydrogen (secondary N) is 5. The highest BCUT2D eigenvalue weighted by molar-refractivity contribution is 7.98. The fraction of sp³-hybridized carbons (Fsp3) is 0.278. The number of carboxylic acid groups (broad SMARTS) is 1. The van der Waals surface area contributed by atoms with Crippen LogP contribution in [0.4, 0.5) is 0 Å². The molecule has 0 radical (unpaired) electrons. The zero-order valence-electron chi connectivity index (χ0n) is 26.6. The molecule has 0 saturated heterocycles. The molecule has 5 rings (SSSR count). The van der Waals surface area contributed by atoms with Crippen LogP contribution >= 0.6 is 11.8 Å². The first kappa shape index (κ1) is 34.3. The van der Waals surface area contributed by atoms with Gasteiger partial charge < -0.3 is 36.8 Å². The number of thioether (sulfide) groups is 1. The summed E-state index contributed by atoms with van der Waals surface area (Å²) in [6.07, 6.45) is 6.14. The number of carboxylic acids is 1. The minimum atomic E-state index is -1.16. The van der Waals surface area contributed by atoms with E-state index < -0.39 is 47.9 Å². The summed E-state index contributed by atoms with van der Waals surface area (Å²) in [4.78, 5) is 59.5. The molecule has 0 fully saturated rings. The molecule has 4 unspecified atom stereocenters. The Morgan fingerprint density at radius 1 is 0.688 bits per heavy atom. The second-order valence-electron chi connectivity index (χ2n) is 11.7. The average Bonchev–Trinajstić information content (AvgIpc) is 3.70. The normalized spacial score (nSPS) is 13.8. The van der Waals surface area contributed by atoms with E-state index >= 15 is 0 Å². The molecule has 12 heteroatoms. The highest BCUT2D eigenvalue weighted by Gasteiger charge is 2.31. The monoisotopic (exact) mass is 668 g/mol. The van der Waals surface area contributed by atoms with Crippen LogP contribution in [0.25, 0.3) is 21.8 Å². The predicted molar refractivity (Wildman–Crippen MR) is 189 cm³/mol. The van der Waals surface area contributed by atoms with E-state index in [1.807, 2.05) is 91.3 Å². The maximum Gasteiger partial charge on any atom is 0.326 e. The van der Waals surface area contributed by atoms with E-state index in [1.165, 1.54) is 11.8 Å². The summed E-state index contributed by atoms with van der Waals surface area (Å²) >= 11 is 1.47. The van der Waals surface area contributed by atoms with Gasteiger partial charge in [-0.2, -0.15) is 11.8 Å². The van der Waals surface area contributed by atoms with E-state index in [-0.39, 0.29) is 25.7 Å². The van der Waals surface area contributed by atoms with Gasteiger partial charge in [0.1, 0.15) is 18.1 Å². The van der Waals surface area contributed by atoms with Crippen molar-refractivity contribution in [3.8, 4) is 0 Å². The molecule has 3 amide bonds. The van der Waals surface area contributed by atoms with Crippen LogP contribution in [-0.2, 0) is 38.4 Å². The van der Waals surface area contributed by atoms with Crippen molar-refractivity contribution in [2.75, 3.05) is 12.0 Å². The first-order valence-corrected chi connectivity index (χ1v) is 17.1. The molecule has 48 heavy (non-hydrogen) atoms. The zero-order chi connectivity index (χ0) is 34.0. The molecule has 0 aliphatic carbocycles. The number of carbonyl (C=O) groups is 4. The third-order valence-electron chi connectivity index (χ3n) is 8.32. The van der Waals surface area contributed by atoms with Crippen LogP contribution in [-0.4, -0.2) is 74.9 Å². The number of H-pyrrole nitrogens is 2. The summed E-state index contributed by atoms with van der Waals surface area (Å²) in [6, 6.07) is 20.2. The molecule has 5 aromatic rings. The zero-order valence-corrected chi connectivity index (χ0v) is 27.4. The molecule has 3 aromatic carbocycles. The first-order valence-electron chi connectivity index (χ1n) is 15.8. The first-order chi connectivity index (χ1) is 23.2. The standard InChI is InChI=1S/C36H40N6O5S/c1-48-16-15-30(36(46)47)40-35(45)32(19-24-21-39-29-14-8-6-12-26(24)29)42-34(44)31(17-22-9-3-2-4-10-22)41-33(43)27(37)18-23-20-38-28-13-7-5-11-25(23)28/h2-14,20-21,27,30-32,38-39H,15-19,37H2,1H3,(H,40,45)(H,41,43)(H,42,44)(H,46,47). The fourth-order valence-electron chi connectivity index (χ4n) is 5.74. The van der Waals surface area contributed by atoms with Crippen LogP contribution < -0.4 is 21.7 Å². The highest BCUT2D eigenvalue weighted by atomic mass is 32.2. The minimum Gasteiger partial charge on any atom is -0.480 e. The SMILES string of the molecule is CSCCC(NC(=O)C(Cc1c[nH]c2ccccc12)NC(=O)C(Cc1ccccc1)NC(=O)C(N)Cc1c[nH]c2ccccc12)C(=O)O. The van der Waals surface area contributed by atoms with E-state index in [4.69, 9.17) is 5.73 Å². The van der Waals surface area contributed by atoms with Gasteiger partial charge in [0.2, 0.25) is 17.7 Å². The van der Waals surface area contributed by atoms with E-state index in [2.05, 4.69) is 25.9 Å². The smallest absolute Gasteiger partial charge is 0.326 e. The lowest BCUT2D eigenvalue weighted by Crippen LogP contribution is -2.58. The van der Waals surface area contributed by atoms with E-state index in [0.29, 0.717) is 5.75 Å². The Kier molecular flexibility index (Phi) is 11.5. The average molecular weight is 669 g/mol. The molecule has 0 bridgehead atoms. The molecule has 250 valence electrons. The number of amides is 3. The number of aliphatic carboxylic acids is 1. The Balaban J connectivity index is 1.37. The number of nitrogens with two attached hydrogens (primary N) is 1. The van der Waals surface area contributed by atoms with Gasteiger partial charge in [-0.1, -0.05) is 66.7 Å². The van der Waals surface area contributed by atoms with Crippen molar-refractivity contribution >= 4 is 57.3 Å². The van der Waals surface area contributed by atoms with Gasteiger partial charge in [-0.3, -0.25) is 14.4 Å². The van der Waals surface area contributed by atoms with Crippen LogP contribution in [0.5, 0.6) is 0 Å². The third kappa shape index (κ3) is 8.64. The van der Waals surface area contributed by atoms with Gasteiger partial charge in [-0.25, -0.2) is 4.79 Å². The molecule has 0 spiro atoms. The number of hydrogen-bond acceptors (Lipinski definition) is 6. The molecular formula is C36H40N6O5S. The third-order valence-corrected chi connectivity index (χ3v) is 8.97. The number of aromatic nitrogens is 2. The van der Waals surface area contributed by atoms with Crippen molar-refractivity contribution < 1.29 is 24.3 Å². The van der Waals surface area contributed by atoms with Gasteiger partial charge in [0.05, 0.1) is 6.04 Å². The molecular weight excluding hydrogens is 629 g/mol. The molecule has 4 atom stereocenters. The van der Waals surface area contributed by atoms with Crippen LogP contribution in [0.2, 0.25) is 0 Å². The Bertz CT molecular complexity index is 1870. The summed E-state index contributed by atoms with van der Waals surface area (Å²) in [5, 5.41) is 19.9. The van der Waals surface area contributed by atoms with Gasteiger partial charge in [-0.15, -0.1) is 0 Å². The van der Waals surface area contributed by atoms with Crippen LogP contribution in [0, 0.1) is 0 Å². The second kappa shape index (κ2) is 16.2. The van der Waals surface area contributed by atoms with Gasteiger partial charge in [-0.05, 0) is 53.7 Å². The highest BCUT2D eigenvalue weighted by Crippen LogP contribution is 2.21. The summed E-state index contributed by atoms with van der Waals surface area (Å²) in [7, 11) is 0. The van der Waals surface area contributed by atoms with Crippen molar-refractivity contribution in [3.05, 3.63) is 108 Å². The molecule has 0 aliphatic rings. The summed E-state index contributed by atoms with van der Waals surface area (Å²) in [5.41, 5.74) is 10.6. The van der Waals surface area contributed by atoms with Crippen molar-refractivity contribution in [2.45, 2.75) is 49.9 Å². The number of carbonyl (C=O) groups excluding carboxylic acids is 3. The lowest BCUT2D eigenvalue weighted by Gasteiger charge is -2.25. The van der Waals surface area contributed by atoms with E-state index in [0.717, 1.165) is 38.5 Å².